The van der Waals surface area contributed by atoms with Gasteiger partial charge in [-0.1, -0.05) is 42.6 Å². The van der Waals surface area contributed by atoms with E-state index in [9.17, 15) is 24.2 Å². The fourth-order valence-electron chi connectivity index (χ4n) is 5.73. The topological polar surface area (TPSA) is 135 Å². The molecule has 3 aromatic rings. The van der Waals surface area contributed by atoms with Gasteiger partial charge in [0.1, 0.15) is 11.9 Å². The molecular formula is C35H39ClFN5O4S. The number of hydrogen-bond acceptors (Lipinski definition) is 5. The molecule has 12 heteroatoms. The zero-order valence-electron chi connectivity index (χ0n) is 26.6. The van der Waals surface area contributed by atoms with Gasteiger partial charge in [0.25, 0.3) is 0 Å². The molecule has 1 saturated heterocycles. The van der Waals surface area contributed by atoms with Gasteiger partial charge in [-0.25, -0.2) is 18.1 Å². The number of aliphatic hydroxyl groups is 1. The largest absolute Gasteiger partial charge is 0.391 e. The highest BCUT2D eigenvalue weighted by atomic mass is 35.5. The predicted molar refractivity (Wildman–Crippen MR) is 182 cm³/mol. The van der Waals surface area contributed by atoms with E-state index in [4.69, 9.17) is 11.6 Å². The number of rotatable bonds is 10. The van der Waals surface area contributed by atoms with E-state index in [0.29, 0.717) is 39.7 Å². The summed E-state index contributed by atoms with van der Waals surface area (Å²) in [6.45, 7) is 5.49. The normalized spacial score (nSPS) is 19.8. The average molecular weight is 680 g/mol. The van der Waals surface area contributed by atoms with Crippen molar-refractivity contribution in [2.75, 3.05) is 17.2 Å². The molecule has 47 heavy (non-hydrogen) atoms. The van der Waals surface area contributed by atoms with Gasteiger partial charge in [-0.2, -0.15) is 5.26 Å². The Bertz CT molecular complexity index is 1710. The van der Waals surface area contributed by atoms with Crippen LogP contribution in [0.15, 0.2) is 66.7 Å². The van der Waals surface area contributed by atoms with Crippen molar-refractivity contribution in [1.82, 2.24) is 9.62 Å². The van der Waals surface area contributed by atoms with Gasteiger partial charge in [0.2, 0.25) is 5.91 Å². The molecule has 1 heterocycles. The van der Waals surface area contributed by atoms with Crippen molar-refractivity contribution in [1.29, 1.82) is 5.26 Å². The van der Waals surface area contributed by atoms with E-state index in [1.807, 2.05) is 26.8 Å². The molecule has 4 N–H and O–H groups in total. The Morgan fingerprint density at radius 3 is 2.43 bits per heavy atom. The molecule has 4 atom stereocenters. The molecule has 2 fully saturated rings. The Hall–Kier alpha value is -3.82. The Kier molecular flexibility index (Phi) is 10.4. The average Bonchev–Trinajstić information content (AvgIpc) is 3.79. The second-order valence-electron chi connectivity index (χ2n) is 13.2. The van der Waals surface area contributed by atoms with E-state index in [0.717, 1.165) is 19.3 Å². The van der Waals surface area contributed by atoms with E-state index in [2.05, 4.69) is 21.4 Å². The molecule has 3 aromatic carbocycles. The Morgan fingerprint density at radius 1 is 1.06 bits per heavy atom. The third kappa shape index (κ3) is 8.19. The molecule has 2 aliphatic rings. The first-order valence-electron chi connectivity index (χ1n) is 15.6. The van der Waals surface area contributed by atoms with Crippen LogP contribution >= 0.6 is 11.6 Å². The first-order chi connectivity index (χ1) is 22.3. The second-order valence-corrected chi connectivity index (χ2v) is 15.6. The fourth-order valence-corrected chi connectivity index (χ4v) is 6.82. The van der Waals surface area contributed by atoms with Crippen molar-refractivity contribution in [3.63, 3.8) is 0 Å². The van der Waals surface area contributed by atoms with E-state index >= 15 is 4.39 Å². The molecule has 0 bridgehead atoms. The van der Waals surface area contributed by atoms with E-state index < -0.39 is 51.2 Å². The van der Waals surface area contributed by atoms with Crippen LogP contribution < -0.4 is 15.4 Å². The van der Waals surface area contributed by atoms with Crippen molar-refractivity contribution in [2.24, 2.45) is 5.92 Å². The lowest BCUT2D eigenvalue weighted by molar-refractivity contribution is -0.119. The highest BCUT2D eigenvalue weighted by Gasteiger charge is 2.42. The molecular weight excluding hydrogens is 641 g/mol. The van der Waals surface area contributed by atoms with Crippen LogP contribution in [0.2, 0.25) is 5.02 Å². The van der Waals surface area contributed by atoms with Crippen LogP contribution in [0.4, 0.5) is 20.6 Å². The number of carbonyl (C=O) groups excluding carboxylic acids is 2. The number of nitrogens with one attached hydrogen (secondary N) is 3. The van der Waals surface area contributed by atoms with Crippen molar-refractivity contribution in [2.45, 2.75) is 75.3 Å². The minimum Gasteiger partial charge on any atom is -0.391 e. The molecule has 1 saturated carbocycles. The summed E-state index contributed by atoms with van der Waals surface area (Å²) in [6, 6.07) is 18.4. The van der Waals surface area contributed by atoms with Crippen molar-refractivity contribution >= 4 is 45.9 Å². The van der Waals surface area contributed by atoms with Crippen LogP contribution in [0.3, 0.4) is 0 Å². The maximum atomic E-state index is 15.5. The molecule has 248 valence electrons. The smallest absolute Gasteiger partial charge is 0.322 e. The maximum absolute atomic E-state index is 15.5. The number of likely N-dealkylation sites (tertiary alicyclic amines) is 1. The number of anilines is 2. The number of β-amino-alcohol motifs (C(OH)–C–C–N with tert-alkyl or cyclic N) is 1. The van der Waals surface area contributed by atoms with Gasteiger partial charge in [0.15, 0.2) is 0 Å². The van der Waals surface area contributed by atoms with Crippen molar-refractivity contribution < 1.29 is 23.3 Å². The second kappa shape index (κ2) is 14.1. The monoisotopic (exact) mass is 679 g/mol. The summed E-state index contributed by atoms with van der Waals surface area (Å²) in [5.74, 6) is -0.849. The highest BCUT2D eigenvalue weighted by molar-refractivity contribution is 7.84. The van der Waals surface area contributed by atoms with Gasteiger partial charge in [-0.05, 0) is 99.2 Å². The molecule has 0 spiro atoms. The Labute approximate surface area is 282 Å². The van der Waals surface area contributed by atoms with Crippen LogP contribution in [0.5, 0.6) is 0 Å². The van der Waals surface area contributed by atoms with E-state index in [1.54, 1.807) is 48.5 Å². The lowest BCUT2D eigenvalue weighted by atomic mass is 9.79. The van der Waals surface area contributed by atoms with E-state index in [1.165, 1.54) is 17.0 Å². The van der Waals surface area contributed by atoms with Crippen LogP contribution in [0.1, 0.15) is 69.6 Å². The molecule has 1 aliphatic heterocycles. The highest BCUT2D eigenvalue weighted by Crippen LogP contribution is 2.43. The first kappa shape index (κ1) is 34.5. The number of hydrogen-bond donors (Lipinski definition) is 4. The summed E-state index contributed by atoms with van der Waals surface area (Å²) in [6.07, 6.45) is 2.53. The number of carbonyl (C=O) groups is 2. The zero-order chi connectivity index (χ0) is 33.9. The first-order valence-corrected chi connectivity index (χ1v) is 17.1. The number of halogens is 2. The summed E-state index contributed by atoms with van der Waals surface area (Å²) in [5, 5.41) is 26.0. The lowest BCUT2D eigenvalue weighted by Crippen LogP contribution is -2.49. The van der Waals surface area contributed by atoms with Crippen LogP contribution in [0, 0.1) is 23.1 Å². The standard InChI is InChI=1S/C35H39ClFN5O4S/c1-34(2,3)47(46)41-35(16-15-22-7-8-22,24-6-4-5-23(17-24)20-38)25-9-14-29(37)30(18-25)40-32(44)31-19-28(43)21-42(31)33(45)39-27-12-10-26(36)11-13-27/h4-6,9-14,17-18,22,28,31,41,43H,7-8,15-16,19,21H2,1-3H3,(H,39,45)(H,40,44)/t28-,31+,35?,47?/m1/s1. The van der Waals surface area contributed by atoms with Crippen molar-refractivity contribution in [3.05, 3.63) is 94.3 Å². The maximum Gasteiger partial charge on any atom is 0.322 e. The number of nitrogens with zero attached hydrogens (tertiary/aromatic N) is 2. The molecule has 9 nitrogen and oxygen atoms in total. The minimum absolute atomic E-state index is 0.0282. The summed E-state index contributed by atoms with van der Waals surface area (Å²) in [4.78, 5) is 28.0. The Balaban J connectivity index is 1.49. The molecule has 3 amide bonds. The van der Waals surface area contributed by atoms with Crippen LogP contribution in [-0.4, -0.2) is 49.6 Å². The van der Waals surface area contributed by atoms with Gasteiger partial charge < -0.3 is 20.6 Å². The number of urea groups is 1. The fraction of sp³-hybridized carbons (Fsp3) is 0.400. The van der Waals surface area contributed by atoms with Gasteiger partial charge in [0, 0.05) is 23.7 Å². The lowest BCUT2D eigenvalue weighted by Gasteiger charge is -2.38. The molecule has 1 aliphatic carbocycles. The third-order valence-corrected chi connectivity index (χ3v) is 10.5. The quantitative estimate of drug-likeness (QED) is 0.196. The van der Waals surface area contributed by atoms with Gasteiger partial charge in [-0.3, -0.25) is 4.79 Å². The van der Waals surface area contributed by atoms with Gasteiger partial charge >= 0.3 is 6.03 Å². The van der Waals surface area contributed by atoms with Crippen LogP contribution in [-0.2, 0) is 21.3 Å². The number of aliphatic hydroxyl groups excluding tert-OH is 1. The van der Waals surface area contributed by atoms with Crippen LogP contribution in [0.25, 0.3) is 0 Å². The molecule has 0 radical (unpaired) electrons. The molecule has 5 rings (SSSR count). The minimum atomic E-state index is -1.57. The SMILES string of the molecule is CC(C)(C)S(=O)NC(CCC1CC1)(c1cccc(C#N)c1)c1ccc(F)c(NC(=O)[C@@H]2C[C@@H](O)CN2C(=O)Nc2ccc(Cl)cc2)c1. The summed E-state index contributed by atoms with van der Waals surface area (Å²) in [5.41, 5.74) is 0.932. The number of benzene rings is 3. The van der Waals surface area contributed by atoms with Crippen molar-refractivity contribution in [3.8, 4) is 6.07 Å². The number of amides is 3. The third-order valence-electron chi connectivity index (χ3n) is 8.59. The predicted octanol–water partition coefficient (Wildman–Crippen LogP) is 6.44. The van der Waals surface area contributed by atoms with Gasteiger partial charge in [-0.15, -0.1) is 0 Å². The zero-order valence-corrected chi connectivity index (χ0v) is 28.1. The van der Waals surface area contributed by atoms with Gasteiger partial charge in [0.05, 0.1) is 44.7 Å². The summed E-state index contributed by atoms with van der Waals surface area (Å²) < 4.78 is 31.9. The molecule has 0 aromatic heterocycles. The summed E-state index contributed by atoms with van der Waals surface area (Å²) in [7, 11) is -1.57. The Morgan fingerprint density at radius 2 is 1.77 bits per heavy atom. The van der Waals surface area contributed by atoms with E-state index in [-0.39, 0.29) is 18.7 Å². The number of nitriles is 1. The summed E-state index contributed by atoms with van der Waals surface area (Å²) >= 11 is 5.94. The molecule has 2 unspecified atom stereocenters.